The molecule has 6 nitrogen and oxygen atoms in total. The Hall–Kier alpha value is -1.66. The molecule has 0 aliphatic heterocycles. The van der Waals surface area contributed by atoms with Crippen LogP contribution in [0.2, 0.25) is 0 Å². The molecule has 0 fully saturated rings. The second kappa shape index (κ2) is 69.8. The second-order valence-electron chi connectivity index (χ2n) is 25.3. The van der Waals surface area contributed by atoms with Crippen LogP contribution in [-0.2, 0) is 14.3 Å². The fraction of sp³-hybridized carbons (Fsp3) is 0.919. The van der Waals surface area contributed by atoms with Crippen molar-refractivity contribution in [3.63, 3.8) is 0 Å². The molecule has 0 saturated carbocycles. The Morgan fingerprint density at radius 1 is 0.338 bits per heavy atom. The molecule has 0 aromatic rings. The number of rotatable bonds is 69. The van der Waals surface area contributed by atoms with Crippen LogP contribution in [0.4, 0.5) is 0 Å². The number of allylic oxidation sites excluding steroid dienone is 4. The Bertz CT molecular complexity index is 1250. The van der Waals surface area contributed by atoms with Gasteiger partial charge in [0.1, 0.15) is 0 Å². The summed E-state index contributed by atoms with van der Waals surface area (Å²) in [5.74, 6) is -0.0168. The lowest BCUT2D eigenvalue weighted by Crippen LogP contribution is -2.45. The van der Waals surface area contributed by atoms with Crippen molar-refractivity contribution in [2.24, 2.45) is 0 Å². The number of hydrogen-bond donors (Lipinski definition) is 3. The van der Waals surface area contributed by atoms with Crippen molar-refractivity contribution in [2.75, 3.05) is 13.2 Å². The predicted molar refractivity (Wildman–Crippen MR) is 352 cm³/mol. The van der Waals surface area contributed by atoms with Gasteiger partial charge in [-0.2, -0.15) is 0 Å². The van der Waals surface area contributed by atoms with Crippen molar-refractivity contribution in [2.45, 2.75) is 424 Å². The van der Waals surface area contributed by atoms with Gasteiger partial charge in [-0.15, -0.1) is 0 Å². The van der Waals surface area contributed by atoms with Crippen molar-refractivity contribution < 1.29 is 24.5 Å². The molecule has 80 heavy (non-hydrogen) atoms. The van der Waals surface area contributed by atoms with Crippen LogP contribution in [-0.4, -0.2) is 47.4 Å². The van der Waals surface area contributed by atoms with Crippen LogP contribution in [0.25, 0.3) is 0 Å². The van der Waals surface area contributed by atoms with Gasteiger partial charge < -0.3 is 20.3 Å². The molecule has 0 spiro atoms. The summed E-state index contributed by atoms with van der Waals surface area (Å²) in [7, 11) is 0. The van der Waals surface area contributed by atoms with Crippen LogP contribution in [0.1, 0.15) is 412 Å². The summed E-state index contributed by atoms with van der Waals surface area (Å²) in [5, 5.41) is 23.3. The van der Waals surface area contributed by atoms with Gasteiger partial charge in [0, 0.05) is 12.8 Å². The van der Waals surface area contributed by atoms with Crippen LogP contribution in [0.5, 0.6) is 0 Å². The largest absolute Gasteiger partial charge is 0.466 e. The van der Waals surface area contributed by atoms with Crippen molar-refractivity contribution in [1.82, 2.24) is 5.32 Å². The van der Waals surface area contributed by atoms with E-state index in [1.165, 1.54) is 334 Å². The summed E-state index contributed by atoms with van der Waals surface area (Å²) in [4.78, 5) is 24.6. The summed E-state index contributed by atoms with van der Waals surface area (Å²) >= 11 is 0. The molecule has 0 aliphatic rings. The van der Waals surface area contributed by atoms with E-state index in [0.29, 0.717) is 25.9 Å². The summed E-state index contributed by atoms with van der Waals surface area (Å²) < 4.78 is 5.48. The zero-order valence-electron chi connectivity index (χ0n) is 54.3. The van der Waals surface area contributed by atoms with E-state index in [1.54, 1.807) is 0 Å². The SMILES string of the molecule is CCCCCC/C=C\CCCCCCCC(=O)OCCCCCCCCCCCCCCCC/C=C\CCCCCCCCCCCCCCCCCCCC(=O)NC(CO)C(O)CCCCCCCCCCCCCCCCC. The standard InChI is InChI=1S/C74H143NO5/c1-3-5-7-9-11-13-15-17-39-43-46-50-54-58-62-66-72(77)71(70-76)75-73(78)67-63-59-55-51-47-44-40-37-35-33-31-29-27-25-23-21-19-18-20-22-24-26-28-30-32-34-36-38-41-45-49-53-57-61-65-69-80-74(79)68-64-60-56-52-48-42-16-14-12-10-8-6-4-2/h14,16,20,22,71-72,76-77H,3-13,15,17-19,21,23-70H2,1-2H3,(H,75,78)/b16-14-,22-20-. The van der Waals surface area contributed by atoms with E-state index < -0.39 is 12.1 Å². The highest BCUT2D eigenvalue weighted by molar-refractivity contribution is 5.76. The van der Waals surface area contributed by atoms with Crippen LogP contribution in [0.3, 0.4) is 0 Å². The maximum Gasteiger partial charge on any atom is 0.305 e. The molecular weight excluding hydrogens is 983 g/mol. The molecule has 0 rings (SSSR count). The molecule has 1 amide bonds. The van der Waals surface area contributed by atoms with Crippen molar-refractivity contribution >= 4 is 11.9 Å². The first-order valence-electron chi connectivity index (χ1n) is 36.6. The van der Waals surface area contributed by atoms with E-state index in [4.69, 9.17) is 4.74 Å². The minimum atomic E-state index is -0.661. The molecule has 2 atom stereocenters. The molecule has 0 radical (unpaired) electrons. The Labute approximate surface area is 501 Å². The Morgan fingerprint density at radius 3 is 0.900 bits per heavy atom. The van der Waals surface area contributed by atoms with E-state index in [-0.39, 0.29) is 18.5 Å². The van der Waals surface area contributed by atoms with Gasteiger partial charge in [-0.3, -0.25) is 9.59 Å². The van der Waals surface area contributed by atoms with E-state index >= 15 is 0 Å². The number of hydrogen-bond acceptors (Lipinski definition) is 5. The maximum atomic E-state index is 12.5. The summed E-state index contributed by atoms with van der Waals surface area (Å²) in [5.41, 5.74) is 0. The Balaban J connectivity index is 3.33. The number of carbonyl (C=O) groups is 2. The first-order valence-corrected chi connectivity index (χ1v) is 36.6. The van der Waals surface area contributed by atoms with Gasteiger partial charge in [-0.1, -0.05) is 346 Å². The van der Waals surface area contributed by atoms with Crippen molar-refractivity contribution in [3.8, 4) is 0 Å². The molecule has 2 unspecified atom stereocenters. The van der Waals surface area contributed by atoms with Gasteiger partial charge in [-0.05, 0) is 77.0 Å². The van der Waals surface area contributed by atoms with E-state index in [9.17, 15) is 19.8 Å². The maximum absolute atomic E-state index is 12.5. The number of amides is 1. The first kappa shape index (κ1) is 78.3. The quantitative estimate of drug-likeness (QED) is 0.0320. The molecule has 0 aromatic heterocycles. The first-order chi connectivity index (χ1) is 39.5. The molecule has 0 aliphatic carbocycles. The predicted octanol–water partition coefficient (Wildman–Crippen LogP) is 23.7. The summed E-state index contributed by atoms with van der Waals surface area (Å²) in [6, 6.07) is -0.538. The van der Waals surface area contributed by atoms with Crippen LogP contribution in [0, 0.1) is 0 Å². The van der Waals surface area contributed by atoms with Gasteiger partial charge in [-0.25, -0.2) is 0 Å². The zero-order valence-corrected chi connectivity index (χ0v) is 54.3. The molecule has 3 N–H and O–H groups in total. The molecule has 0 saturated heterocycles. The molecule has 0 bridgehead atoms. The number of nitrogens with one attached hydrogen (secondary N) is 1. The average Bonchev–Trinajstić information content (AvgIpc) is 3.46. The molecule has 474 valence electrons. The van der Waals surface area contributed by atoms with Gasteiger partial charge in [0.25, 0.3) is 0 Å². The Kier molecular flexibility index (Phi) is 68.4. The monoisotopic (exact) mass is 1130 g/mol. The summed E-state index contributed by atoms with van der Waals surface area (Å²) in [6.45, 7) is 4.97. The summed E-state index contributed by atoms with van der Waals surface area (Å²) in [6.07, 6.45) is 88.2. The number of aliphatic hydroxyl groups excluding tert-OH is 2. The van der Waals surface area contributed by atoms with Gasteiger partial charge >= 0.3 is 5.97 Å². The number of unbranched alkanes of at least 4 members (excludes halogenated alkanes) is 54. The third-order valence-corrected chi connectivity index (χ3v) is 17.2. The fourth-order valence-corrected chi connectivity index (χ4v) is 11.6. The molecular formula is C74H143NO5. The third kappa shape index (κ3) is 65.5. The highest BCUT2D eigenvalue weighted by Gasteiger charge is 2.20. The van der Waals surface area contributed by atoms with Crippen LogP contribution in [0.15, 0.2) is 24.3 Å². The highest BCUT2D eigenvalue weighted by atomic mass is 16.5. The van der Waals surface area contributed by atoms with E-state index in [0.717, 1.165) is 44.9 Å². The van der Waals surface area contributed by atoms with Crippen LogP contribution < -0.4 is 5.32 Å². The number of esters is 1. The molecule has 0 aromatic carbocycles. The Morgan fingerprint density at radius 2 is 0.588 bits per heavy atom. The number of carbonyl (C=O) groups excluding carboxylic acids is 2. The molecule has 0 heterocycles. The topological polar surface area (TPSA) is 95.9 Å². The van der Waals surface area contributed by atoms with Gasteiger partial charge in [0.15, 0.2) is 0 Å². The normalized spacial score (nSPS) is 12.6. The third-order valence-electron chi connectivity index (χ3n) is 17.2. The minimum absolute atomic E-state index is 0.0115. The highest BCUT2D eigenvalue weighted by Crippen LogP contribution is 2.19. The van der Waals surface area contributed by atoms with E-state index in [1.807, 2.05) is 0 Å². The van der Waals surface area contributed by atoms with E-state index in [2.05, 4.69) is 43.5 Å². The second-order valence-corrected chi connectivity index (χ2v) is 25.3. The lowest BCUT2D eigenvalue weighted by Gasteiger charge is -2.22. The van der Waals surface area contributed by atoms with Crippen molar-refractivity contribution in [1.29, 1.82) is 0 Å². The fourth-order valence-electron chi connectivity index (χ4n) is 11.6. The van der Waals surface area contributed by atoms with Crippen molar-refractivity contribution in [3.05, 3.63) is 24.3 Å². The lowest BCUT2D eigenvalue weighted by molar-refractivity contribution is -0.143. The molecule has 6 heteroatoms. The lowest BCUT2D eigenvalue weighted by atomic mass is 10.0. The van der Waals surface area contributed by atoms with Gasteiger partial charge in [0.2, 0.25) is 5.91 Å². The number of ether oxygens (including phenoxy) is 1. The van der Waals surface area contributed by atoms with Gasteiger partial charge in [0.05, 0.1) is 25.4 Å². The minimum Gasteiger partial charge on any atom is -0.466 e. The average molecular weight is 1130 g/mol. The van der Waals surface area contributed by atoms with Crippen LogP contribution >= 0.6 is 0 Å². The zero-order chi connectivity index (χ0) is 57.8. The smallest absolute Gasteiger partial charge is 0.305 e. The number of aliphatic hydroxyl groups is 2.